The molecule has 1 saturated heterocycles. The number of hydrogen-bond donors (Lipinski definition) is 1. The van der Waals surface area contributed by atoms with Gasteiger partial charge < -0.3 is 15.4 Å². The van der Waals surface area contributed by atoms with Crippen LogP contribution in [0.25, 0.3) is 16.8 Å². The lowest BCUT2D eigenvalue weighted by Crippen LogP contribution is -2.36. The van der Waals surface area contributed by atoms with E-state index < -0.39 is 5.69 Å². The SMILES string of the molecule is Cl.NC/C(=C\F)Cn1ncn(-c2cccc(-c3ccc(N4CCOCC4)c(F)c3)c2)c1=O. The molecule has 0 spiro atoms. The van der Waals surface area contributed by atoms with Crippen molar-refractivity contribution in [3.63, 3.8) is 0 Å². The highest BCUT2D eigenvalue weighted by molar-refractivity contribution is 5.85. The fourth-order valence-corrected chi connectivity index (χ4v) is 3.54. The normalized spacial score (nSPS) is 14.3. The molecular formula is C22H24ClF2N5O2. The van der Waals surface area contributed by atoms with Gasteiger partial charge in [-0.15, -0.1) is 12.4 Å². The lowest BCUT2D eigenvalue weighted by Gasteiger charge is -2.29. The molecule has 1 fully saturated rings. The van der Waals surface area contributed by atoms with Gasteiger partial charge in [0.1, 0.15) is 12.1 Å². The van der Waals surface area contributed by atoms with Crippen LogP contribution in [0.5, 0.6) is 0 Å². The van der Waals surface area contributed by atoms with Crippen molar-refractivity contribution in [2.24, 2.45) is 5.73 Å². The first kappa shape index (κ1) is 23.6. The predicted octanol–water partition coefficient (Wildman–Crippen LogP) is 2.91. The minimum atomic E-state index is -0.418. The summed E-state index contributed by atoms with van der Waals surface area (Å²) in [6.45, 7) is 2.45. The number of nitrogens with two attached hydrogens (primary N) is 1. The minimum Gasteiger partial charge on any atom is -0.378 e. The molecule has 0 atom stereocenters. The van der Waals surface area contributed by atoms with Crippen molar-refractivity contribution < 1.29 is 13.5 Å². The maximum absolute atomic E-state index is 14.8. The summed E-state index contributed by atoms with van der Waals surface area (Å²) in [5.41, 5.74) is 7.88. The molecule has 1 aliphatic heterocycles. The van der Waals surface area contributed by atoms with Crippen molar-refractivity contribution in [1.29, 1.82) is 0 Å². The highest BCUT2D eigenvalue weighted by Gasteiger charge is 2.16. The smallest absolute Gasteiger partial charge is 0.350 e. The van der Waals surface area contributed by atoms with Gasteiger partial charge in [-0.2, -0.15) is 5.10 Å². The Kier molecular flexibility index (Phi) is 7.79. The van der Waals surface area contributed by atoms with Crippen LogP contribution in [0.4, 0.5) is 14.5 Å². The Morgan fingerprint density at radius 3 is 2.59 bits per heavy atom. The molecule has 3 aromatic rings. The van der Waals surface area contributed by atoms with Gasteiger partial charge in [0.25, 0.3) is 0 Å². The standard InChI is InChI=1S/C22H23F2N5O2.ClH/c23-12-16(13-25)14-29-22(30)28(15-26-29)19-3-1-2-17(10-19)18-4-5-21(20(24)11-18)27-6-8-31-9-7-27;/h1-5,10-12,15H,6-9,13-14,25H2;1H/b16-12+;. The summed E-state index contributed by atoms with van der Waals surface area (Å²) in [5.74, 6) is -0.304. The molecule has 32 heavy (non-hydrogen) atoms. The van der Waals surface area contributed by atoms with E-state index in [-0.39, 0.29) is 36.9 Å². The number of hydrogen-bond acceptors (Lipinski definition) is 5. The fourth-order valence-electron chi connectivity index (χ4n) is 3.54. The molecule has 0 aliphatic carbocycles. The number of morpholine rings is 1. The Morgan fingerprint density at radius 1 is 1.16 bits per heavy atom. The highest BCUT2D eigenvalue weighted by Crippen LogP contribution is 2.28. The van der Waals surface area contributed by atoms with Crippen LogP contribution in [0, 0.1) is 5.82 Å². The van der Waals surface area contributed by atoms with Crippen LogP contribution in [0.1, 0.15) is 0 Å². The van der Waals surface area contributed by atoms with Gasteiger partial charge in [-0.1, -0.05) is 18.2 Å². The van der Waals surface area contributed by atoms with E-state index in [2.05, 4.69) is 5.10 Å². The molecule has 0 amide bonds. The van der Waals surface area contributed by atoms with E-state index in [1.54, 1.807) is 24.3 Å². The zero-order valence-corrected chi connectivity index (χ0v) is 18.1. The molecule has 0 unspecified atom stereocenters. The van der Waals surface area contributed by atoms with Gasteiger partial charge in [-0.25, -0.2) is 22.8 Å². The second kappa shape index (κ2) is 10.5. The third-order valence-corrected chi connectivity index (χ3v) is 5.26. The first-order valence-electron chi connectivity index (χ1n) is 9.96. The van der Waals surface area contributed by atoms with E-state index >= 15 is 0 Å². The molecule has 0 saturated carbocycles. The van der Waals surface area contributed by atoms with E-state index in [0.717, 1.165) is 10.2 Å². The Morgan fingerprint density at radius 2 is 1.91 bits per heavy atom. The number of rotatable bonds is 6. The summed E-state index contributed by atoms with van der Waals surface area (Å²) >= 11 is 0. The molecule has 1 aliphatic rings. The molecule has 0 bridgehead atoms. The van der Waals surface area contributed by atoms with Crippen molar-refractivity contribution in [3.05, 3.63) is 77.0 Å². The van der Waals surface area contributed by atoms with Crippen LogP contribution in [0.15, 0.2) is 65.5 Å². The van der Waals surface area contributed by atoms with Crippen molar-refractivity contribution in [2.45, 2.75) is 6.54 Å². The molecule has 170 valence electrons. The quantitative estimate of drug-likeness (QED) is 0.608. The van der Waals surface area contributed by atoms with Crippen LogP contribution < -0.4 is 16.3 Å². The largest absolute Gasteiger partial charge is 0.378 e. The zero-order chi connectivity index (χ0) is 21.8. The van der Waals surface area contributed by atoms with Gasteiger partial charge in [0.15, 0.2) is 0 Å². The number of halogens is 3. The average Bonchev–Trinajstić information content (AvgIpc) is 3.18. The molecule has 7 nitrogen and oxygen atoms in total. The molecule has 2 aromatic carbocycles. The lowest BCUT2D eigenvalue weighted by atomic mass is 10.0. The molecule has 2 N–H and O–H groups in total. The van der Waals surface area contributed by atoms with E-state index in [9.17, 15) is 13.6 Å². The third kappa shape index (κ3) is 4.90. The second-order valence-electron chi connectivity index (χ2n) is 7.23. The van der Waals surface area contributed by atoms with Crippen molar-refractivity contribution >= 4 is 18.1 Å². The zero-order valence-electron chi connectivity index (χ0n) is 17.3. The van der Waals surface area contributed by atoms with Crippen molar-refractivity contribution in [1.82, 2.24) is 14.3 Å². The van der Waals surface area contributed by atoms with Gasteiger partial charge in [0.2, 0.25) is 0 Å². The summed E-state index contributed by atoms with van der Waals surface area (Å²) < 4.78 is 35.4. The number of anilines is 1. The summed E-state index contributed by atoms with van der Waals surface area (Å²) in [6, 6.07) is 12.3. The van der Waals surface area contributed by atoms with Gasteiger partial charge >= 0.3 is 5.69 Å². The topological polar surface area (TPSA) is 78.3 Å². The second-order valence-corrected chi connectivity index (χ2v) is 7.23. The van der Waals surface area contributed by atoms with Crippen LogP contribution >= 0.6 is 12.4 Å². The van der Waals surface area contributed by atoms with E-state index in [4.69, 9.17) is 10.5 Å². The van der Waals surface area contributed by atoms with E-state index in [1.165, 1.54) is 17.0 Å². The number of benzene rings is 2. The van der Waals surface area contributed by atoms with E-state index in [1.807, 2.05) is 17.0 Å². The Hall–Kier alpha value is -3.01. The summed E-state index contributed by atoms with van der Waals surface area (Å²) in [5, 5.41) is 4.04. The monoisotopic (exact) mass is 463 g/mol. The van der Waals surface area contributed by atoms with Gasteiger partial charge in [-0.05, 0) is 41.0 Å². The summed E-state index contributed by atoms with van der Waals surface area (Å²) in [7, 11) is 0. The average molecular weight is 464 g/mol. The predicted molar refractivity (Wildman–Crippen MR) is 122 cm³/mol. The third-order valence-electron chi connectivity index (χ3n) is 5.26. The van der Waals surface area contributed by atoms with E-state index in [0.29, 0.717) is 49.6 Å². The van der Waals surface area contributed by atoms with Crippen LogP contribution in [0.2, 0.25) is 0 Å². The number of nitrogens with zero attached hydrogens (tertiary/aromatic N) is 4. The molecule has 1 aromatic heterocycles. The molecule has 4 rings (SSSR count). The van der Waals surface area contributed by atoms with Gasteiger partial charge in [0.05, 0.1) is 37.5 Å². The van der Waals surface area contributed by atoms with Crippen LogP contribution in [-0.2, 0) is 11.3 Å². The van der Waals surface area contributed by atoms with Crippen molar-refractivity contribution in [3.8, 4) is 16.8 Å². The summed E-state index contributed by atoms with van der Waals surface area (Å²) in [4.78, 5) is 14.6. The number of ether oxygens (including phenoxy) is 1. The summed E-state index contributed by atoms with van der Waals surface area (Å²) in [6.07, 6.45) is 1.76. The fraction of sp³-hybridized carbons (Fsp3) is 0.273. The maximum Gasteiger partial charge on any atom is 0.350 e. The van der Waals surface area contributed by atoms with Crippen LogP contribution in [0.3, 0.4) is 0 Å². The minimum absolute atomic E-state index is 0. The van der Waals surface area contributed by atoms with Gasteiger partial charge in [0, 0.05) is 19.6 Å². The maximum atomic E-state index is 14.8. The van der Waals surface area contributed by atoms with Crippen molar-refractivity contribution in [2.75, 3.05) is 37.7 Å². The first-order chi connectivity index (χ1) is 15.1. The molecule has 2 heterocycles. The first-order valence-corrected chi connectivity index (χ1v) is 9.96. The lowest BCUT2D eigenvalue weighted by molar-refractivity contribution is 0.122. The molecule has 0 radical (unpaired) electrons. The highest BCUT2D eigenvalue weighted by atomic mass is 35.5. The molecule has 10 heteroatoms. The van der Waals surface area contributed by atoms with Gasteiger partial charge in [-0.3, -0.25) is 0 Å². The van der Waals surface area contributed by atoms with Crippen LogP contribution in [-0.4, -0.2) is 47.2 Å². The number of aromatic nitrogens is 3. The Labute approximate surface area is 190 Å². The molecular weight excluding hydrogens is 440 g/mol. The Bertz CT molecular complexity index is 1160. The Balaban J connectivity index is 0.00000289.